The standard InChI is InChI=1S/C49H29N3O/c1-4-12-33-25-36(20-17-30(33)9-1)37-23-24-41-43-29-44(40-15-7-8-16-42(40)46(43)53-45(41)28-37)49-51-47(38-21-18-31-10-2-5-13-34(31)26-38)50-48(52-49)39-22-19-32-11-3-6-14-35(32)27-39/h1-29H. The maximum atomic E-state index is 6.72. The van der Waals surface area contributed by atoms with Crippen molar-refractivity contribution in [2.45, 2.75) is 0 Å². The van der Waals surface area contributed by atoms with Crippen LogP contribution in [0.3, 0.4) is 0 Å². The van der Waals surface area contributed by atoms with Crippen molar-refractivity contribution in [3.8, 4) is 45.3 Å². The van der Waals surface area contributed by atoms with Crippen molar-refractivity contribution >= 4 is 65.0 Å². The Morgan fingerprint density at radius 2 is 0.755 bits per heavy atom. The van der Waals surface area contributed by atoms with Crippen LogP contribution in [0.2, 0.25) is 0 Å². The molecule has 0 atom stereocenters. The molecule has 0 bridgehead atoms. The van der Waals surface area contributed by atoms with Gasteiger partial charge in [-0.05, 0) is 85.2 Å². The van der Waals surface area contributed by atoms with Crippen molar-refractivity contribution in [3.63, 3.8) is 0 Å². The first-order chi connectivity index (χ1) is 26.2. The molecule has 0 saturated carbocycles. The summed E-state index contributed by atoms with van der Waals surface area (Å²) in [6, 6.07) is 61.7. The first-order valence-corrected chi connectivity index (χ1v) is 17.8. The molecule has 0 amide bonds. The zero-order valence-corrected chi connectivity index (χ0v) is 28.5. The van der Waals surface area contributed by atoms with Crippen LogP contribution in [0.5, 0.6) is 0 Å². The molecule has 0 radical (unpaired) electrons. The molecule has 2 heterocycles. The normalized spacial score (nSPS) is 11.8. The number of fused-ring (bicyclic) bond motifs is 8. The highest BCUT2D eigenvalue weighted by molar-refractivity contribution is 6.19. The van der Waals surface area contributed by atoms with Crippen LogP contribution in [-0.4, -0.2) is 15.0 Å². The third-order valence-corrected chi connectivity index (χ3v) is 10.5. The van der Waals surface area contributed by atoms with Gasteiger partial charge < -0.3 is 4.42 Å². The summed E-state index contributed by atoms with van der Waals surface area (Å²) in [5.41, 5.74) is 6.78. The molecule has 4 nitrogen and oxygen atoms in total. The van der Waals surface area contributed by atoms with Gasteiger partial charge in [-0.2, -0.15) is 0 Å². The molecule has 0 aliphatic heterocycles. The molecule has 0 N–H and O–H groups in total. The van der Waals surface area contributed by atoms with Gasteiger partial charge in [0.25, 0.3) is 0 Å². The van der Waals surface area contributed by atoms with Crippen LogP contribution in [-0.2, 0) is 0 Å². The number of aromatic nitrogens is 3. The van der Waals surface area contributed by atoms with E-state index >= 15 is 0 Å². The van der Waals surface area contributed by atoms with E-state index in [1.54, 1.807) is 0 Å². The van der Waals surface area contributed by atoms with Crippen molar-refractivity contribution in [1.82, 2.24) is 15.0 Å². The van der Waals surface area contributed by atoms with E-state index in [0.717, 1.165) is 71.3 Å². The third kappa shape index (κ3) is 4.95. The first kappa shape index (κ1) is 29.5. The van der Waals surface area contributed by atoms with Gasteiger partial charge in [0.1, 0.15) is 11.2 Å². The average Bonchev–Trinajstić information content (AvgIpc) is 3.61. The largest absolute Gasteiger partial charge is 0.455 e. The molecule has 246 valence electrons. The molecule has 4 heteroatoms. The highest BCUT2D eigenvalue weighted by Gasteiger charge is 2.19. The predicted molar refractivity (Wildman–Crippen MR) is 219 cm³/mol. The first-order valence-electron chi connectivity index (χ1n) is 17.8. The minimum atomic E-state index is 0.617. The van der Waals surface area contributed by atoms with Gasteiger partial charge in [0.15, 0.2) is 17.5 Å². The molecular weight excluding hydrogens is 647 g/mol. The number of hydrogen-bond acceptors (Lipinski definition) is 4. The number of furan rings is 1. The van der Waals surface area contributed by atoms with Crippen molar-refractivity contribution in [1.29, 1.82) is 0 Å². The van der Waals surface area contributed by atoms with Gasteiger partial charge in [0.05, 0.1) is 0 Å². The summed E-state index contributed by atoms with van der Waals surface area (Å²) in [6.07, 6.45) is 0. The summed E-state index contributed by atoms with van der Waals surface area (Å²) in [7, 11) is 0. The fraction of sp³-hybridized carbons (Fsp3) is 0. The van der Waals surface area contributed by atoms with Crippen LogP contribution < -0.4 is 0 Å². The lowest BCUT2D eigenvalue weighted by atomic mass is 9.98. The van der Waals surface area contributed by atoms with Crippen molar-refractivity contribution in [2.24, 2.45) is 0 Å². The maximum absolute atomic E-state index is 6.72. The van der Waals surface area contributed by atoms with E-state index in [4.69, 9.17) is 19.4 Å². The Bertz CT molecular complexity index is 3150. The fourth-order valence-corrected chi connectivity index (χ4v) is 7.74. The van der Waals surface area contributed by atoms with Crippen LogP contribution in [0.25, 0.3) is 110 Å². The van der Waals surface area contributed by atoms with Gasteiger partial charge >= 0.3 is 0 Å². The Hall–Kier alpha value is -7.17. The molecular formula is C49H29N3O. The van der Waals surface area contributed by atoms with Crippen molar-refractivity contribution < 1.29 is 4.42 Å². The van der Waals surface area contributed by atoms with Gasteiger partial charge in [-0.25, -0.2) is 15.0 Å². The fourth-order valence-electron chi connectivity index (χ4n) is 7.74. The Labute approximate surface area is 304 Å². The van der Waals surface area contributed by atoms with Gasteiger partial charge in [-0.3, -0.25) is 0 Å². The molecule has 0 saturated heterocycles. The van der Waals surface area contributed by atoms with E-state index in [9.17, 15) is 0 Å². The summed E-state index contributed by atoms with van der Waals surface area (Å²) >= 11 is 0. The highest BCUT2D eigenvalue weighted by Crippen LogP contribution is 2.41. The Balaban J connectivity index is 1.13. The van der Waals surface area contributed by atoms with Gasteiger partial charge in [-0.15, -0.1) is 0 Å². The Morgan fingerprint density at radius 1 is 0.302 bits per heavy atom. The zero-order chi connectivity index (χ0) is 34.9. The number of benzene rings is 9. The highest BCUT2D eigenvalue weighted by atomic mass is 16.3. The second kappa shape index (κ2) is 11.7. The van der Waals surface area contributed by atoms with E-state index in [2.05, 4.69) is 176 Å². The van der Waals surface area contributed by atoms with Crippen LogP contribution in [0.15, 0.2) is 180 Å². The second-order valence-electron chi connectivity index (χ2n) is 13.7. The zero-order valence-electron chi connectivity index (χ0n) is 28.5. The quantitative estimate of drug-likeness (QED) is 0.186. The molecule has 0 aliphatic carbocycles. The summed E-state index contributed by atoms with van der Waals surface area (Å²) in [5, 5.41) is 11.2. The van der Waals surface area contributed by atoms with E-state index in [1.165, 1.54) is 21.5 Å². The monoisotopic (exact) mass is 675 g/mol. The SMILES string of the molecule is c1ccc2cc(-c3ccc4c(c3)oc3c5ccccc5c(-c5nc(-c6ccc7ccccc7c6)nc(-c6ccc7ccccc7c6)n5)cc43)ccc2c1. The van der Waals surface area contributed by atoms with E-state index < -0.39 is 0 Å². The van der Waals surface area contributed by atoms with Crippen LogP contribution in [0, 0.1) is 0 Å². The summed E-state index contributed by atoms with van der Waals surface area (Å²) in [4.78, 5) is 15.5. The van der Waals surface area contributed by atoms with Gasteiger partial charge in [0, 0.05) is 32.8 Å². The lowest BCUT2D eigenvalue weighted by Crippen LogP contribution is -2.01. The van der Waals surface area contributed by atoms with Crippen molar-refractivity contribution in [2.75, 3.05) is 0 Å². The molecule has 9 aromatic carbocycles. The van der Waals surface area contributed by atoms with Gasteiger partial charge in [-0.1, -0.05) is 140 Å². The lowest BCUT2D eigenvalue weighted by molar-refractivity contribution is 0.673. The molecule has 0 spiro atoms. The number of nitrogens with zero attached hydrogens (tertiary/aromatic N) is 3. The van der Waals surface area contributed by atoms with Crippen LogP contribution in [0.1, 0.15) is 0 Å². The summed E-state index contributed by atoms with van der Waals surface area (Å²) < 4.78 is 6.72. The van der Waals surface area contributed by atoms with Crippen molar-refractivity contribution in [3.05, 3.63) is 176 Å². The topological polar surface area (TPSA) is 51.8 Å². The third-order valence-electron chi connectivity index (χ3n) is 10.5. The van der Waals surface area contributed by atoms with Crippen LogP contribution >= 0.6 is 0 Å². The number of hydrogen-bond donors (Lipinski definition) is 0. The van der Waals surface area contributed by atoms with E-state index in [1.807, 2.05) is 0 Å². The second-order valence-corrected chi connectivity index (χ2v) is 13.7. The number of rotatable bonds is 4. The molecule has 0 aliphatic rings. The molecule has 11 aromatic rings. The molecule has 0 fully saturated rings. The minimum absolute atomic E-state index is 0.617. The molecule has 53 heavy (non-hydrogen) atoms. The maximum Gasteiger partial charge on any atom is 0.164 e. The summed E-state index contributed by atoms with van der Waals surface area (Å²) in [5.74, 6) is 1.88. The molecule has 2 aromatic heterocycles. The summed E-state index contributed by atoms with van der Waals surface area (Å²) in [6.45, 7) is 0. The van der Waals surface area contributed by atoms with E-state index in [-0.39, 0.29) is 0 Å². The lowest BCUT2D eigenvalue weighted by Gasteiger charge is -2.12. The van der Waals surface area contributed by atoms with E-state index in [0.29, 0.717) is 17.5 Å². The Kier molecular flexibility index (Phi) is 6.52. The molecule has 11 rings (SSSR count). The van der Waals surface area contributed by atoms with Crippen LogP contribution in [0.4, 0.5) is 0 Å². The predicted octanol–water partition coefficient (Wildman–Crippen LogP) is 13.1. The smallest absolute Gasteiger partial charge is 0.164 e. The molecule has 0 unspecified atom stereocenters. The average molecular weight is 676 g/mol. The minimum Gasteiger partial charge on any atom is -0.455 e. The Morgan fingerprint density at radius 3 is 1.36 bits per heavy atom. The van der Waals surface area contributed by atoms with Gasteiger partial charge in [0.2, 0.25) is 0 Å².